The number of hydrogen-bond donors (Lipinski definition) is 0. The highest BCUT2D eigenvalue weighted by molar-refractivity contribution is 5.71. The van der Waals surface area contributed by atoms with Crippen molar-refractivity contribution in [2.45, 2.75) is 335 Å². The van der Waals surface area contributed by atoms with Gasteiger partial charge in [0, 0.05) is 19.3 Å². The van der Waals surface area contributed by atoms with Crippen molar-refractivity contribution in [3.05, 3.63) is 97.2 Å². The second-order valence-corrected chi connectivity index (χ2v) is 22.4. The summed E-state index contributed by atoms with van der Waals surface area (Å²) >= 11 is 0. The first kappa shape index (κ1) is 75.3. The van der Waals surface area contributed by atoms with E-state index in [1.165, 1.54) is 173 Å². The van der Waals surface area contributed by atoms with Crippen molar-refractivity contribution in [2.24, 2.45) is 0 Å². The molecule has 0 heterocycles. The van der Waals surface area contributed by atoms with E-state index in [0.29, 0.717) is 19.3 Å². The van der Waals surface area contributed by atoms with Crippen LogP contribution in [0.4, 0.5) is 0 Å². The Morgan fingerprint density at radius 3 is 0.785 bits per heavy atom. The molecule has 0 rings (SSSR count). The number of carbonyl (C=O) groups excluding carboxylic acids is 3. The number of ether oxygens (including phenoxy) is 3. The Morgan fingerprint density at radius 2 is 0.494 bits per heavy atom. The van der Waals surface area contributed by atoms with E-state index in [1.807, 2.05) is 0 Å². The molecule has 0 aromatic heterocycles. The molecule has 79 heavy (non-hydrogen) atoms. The second kappa shape index (κ2) is 66.8. The molecule has 1 atom stereocenters. The first-order valence-corrected chi connectivity index (χ1v) is 33.7. The zero-order valence-electron chi connectivity index (χ0n) is 52.1. The van der Waals surface area contributed by atoms with Gasteiger partial charge in [-0.05, 0) is 103 Å². The van der Waals surface area contributed by atoms with Gasteiger partial charge >= 0.3 is 17.9 Å². The highest BCUT2D eigenvalue weighted by atomic mass is 16.6. The van der Waals surface area contributed by atoms with E-state index in [0.717, 1.165) is 116 Å². The van der Waals surface area contributed by atoms with E-state index in [4.69, 9.17) is 14.2 Å². The van der Waals surface area contributed by atoms with Crippen LogP contribution in [-0.4, -0.2) is 37.2 Å². The predicted octanol–water partition coefficient (Wildman–Crippen LogP) is 23.2. The van der Waals surface area contributed by atoms with Gasteiger partial charge in [0.1, 0.15) is 13.2 Å². The van der Waals surface area contributed by atoms with Crippen LogP contribution in [0.2, 0.25) is 0 Å². The van der Waals surface area contributed by atoms with E-state index >= 15 is 0 Å². The van der Waals surface area contributed by atoms with Gasteiger partial charge in [-0.2, -0.15) is 0 Å². The van der Waals surface area contributed by atoms with Crippen LogP contribution < -0.4 is 0 Å². The normalized spacial score (nSPS) is 12.7. The molecule has 0 aliphatic heterocycles. The molecule has 0 aliphatic rings. The van der Waals surface area contributed by atoms with Crippen molar-refractivity contribution in [1.29, 1.82) is 0 Å². The summed E-state index contributed by atoms with van der Waals surface area (Å²) in [7, 11) is 0. The third-order valence-electron chi connectivity index (χ3n) is 14.6. The second-order valence-electron chi connectivity index (χ2n) is 22.4. The minimum atomic E-state index is -0.777. The first-order valence-electron chi connectivity index (χ1n) is 33.7. The fourth-order valence-corrected chi connectivity index (χ4v) is 9.54. The Morgan fingerprint density at radius 1 is 0.266 bits per heavy atom. The number of hydrogen-bond acceptors (Lipinski definition) is 6. The molecule has 0 radical (unpaired) electrons. The summed E-state index contributed by atoms with van der Waals surface area (Å²) in [6.07, 6.45) is 90.5. The molecule has 0 spiro atoms. The highest BCUT2D eigenvalue weighted by Gasteiger charge is 2.19. The van der Waals surface area contributed by atoms with Crippen molar-refractivity contribution in [1.82, 2.24) is 0 Å². The summed E-state index contributed by atoms with van der Waals surface area (Å²) in [6, 6.07) is 0. The topological polar surface area (TPSA) is 78.9 Å². The molecule has 454 valence electrons. The predicted molar refractivity (Wildman–Crippen MR) is 344 cm³/mol. The lowest BCUT2D eigenvalue weighted by Crippen LogP contribution is -2.30. The number of rotatable bonds is 61. The van der Waals surface area contributed by atoms with Crippen molar-refractivity contribution >= 4 is 17.9 Å². The molecule has 0 bridgehead atoms. The number of allylic oxidation sites excluding steroid dienone is 16. The van der Waals surface area contributed by atoms with E-state index < -0.39 is 6.10 Å². The van der Waals surface area contributed by atoms with Crippen LogP contribution in [-0.2, 0) is 28.6 Å². The van der Waals surface area contributed by atoms with Crippen LogP contribution in [0.15, 0.2) is 97.2 Å². The third-order valence-corrected chi connectivity index (χ3v) is 14.6. The Labute approximate surface area is 489 Å². The maximum absolute atomic E-state index is 12.8. The lowest BCUT2D eigenvalue weighted by Gasteiger charge is -2.18. The average Bonchev–Trinajstić information content (AvgIpc) is 3.45. The van der Waals surface area contributed by atoms with Crippen molar-refractivity contribution < 1.29 is 28.6 Å². The fraction of sp³-hybridized carbons (Fsp3) is 0.740. The number of esters is 3. The summed E-state index contributed by atoms with van der Waals surface area (Å²) < 4.78 is 16.8. The molecule has 0 aromatic carbocycles. The van der Waals surface area contributed by atoms with Crippen LogP contribution in [0.3, 0.4) is 0 Å². The molecule has 0 aromatic rings. The van der Waals surface area contributed by atoms with Crippen LogP contribution in [0.1, 0.15) is 329 Å². The van der Waals surface area contributed by atoms with Gasteiger partial charge in [-0.25, -0.2) is 0 Å². The standard InChI is InChI=1S/C73H126O6/c1-4-7-10-13-15-17-19-21-23-25-27-29-31-33-34-35-36-37-38-40-41-43-45-47-49-51-53-55-57-60-63-66-72(75)78-69-70(68-77-71(74)65-62-59-12-9-6-3)79-73(76)67-64-61-58-56-54-52-50-48-46-44-42-39-32-30-28-26-24-22-20-18-16-14-11-8-5-2/h7,10,15,17,21,23,26-29,33-34,36-37,40-41,70H,4-6,8-9,11-14,16,18-20,22,24-25,30-32,35,38-39,42-69H2,1-3H3/b10-7-,17-15-,23-21-,28-26-,29-27-,34-33-,37-36-,41-40-. The lowest BCUT2D eigenvalue weighted by atomic mass is 10.0. The van der Waals surface area contributed by atoms with Crippen LogP contribution >= 0.6 is 0 Å². The summed E-state index contributed by atoms with van der Waals surface area (Å²) in [5.74, 6) is -0.887. The van der Waals surface area contributed by atoms with Crippen molar-refractivity contribution in [3.63, 3.8) is 0 Å². The lowest BCUT2D eigenvalue weighted by molar-refractivity contribution is -0.167. The van der Waals surface area contributed by atoms with E-state index in [1.54, 1.807) is 0 Å². The average molecular weight is 1100 g/mol. The van der Waals surface area contributed by atoms with Gasteiger partial charge in [-0.1, -0.05) is 304 Å². The highest BCUT2D eigenvalue weighted by Crippen LogP contribution is 2.17. The third kappa shape index (κ3) is 65.0. The maximum Gasteiger partial charge on any atom is 0.306 e. The molecular weight excluding hydrogens is 973 g/mol. The Hall–Kier alpha value is -3.67. The minimum absolute atomic E-state index is 0.0777. The summed E-state index contributed by atoms with van der Waals surface area (Å²) in [4.78, 5) is 38.0. The van der Waals surface area contributed by atoms with Crippen LogP contribution in [0, 0.1) is 0 Å². The quantitative estimate of drug-likeness (QED) is 0.0261. The van der Waals surface area contributed by atoms with Gasteiger partial charge in [-0.15, -0.1) is 0 Å². The SMILES string of the molecule is CC/C=C\C/C=C\C/C=C\C/C=C\C/C=C\C/C=C\C/C=C\CCCCCCCCCCCC(=O)OCC(COC(=O)CCCCCCC)OC(=O)CCCCCCCCCCCCCCC/C=C\CCCCCCCCCC. The fourth-order valence-electron chi connectivity index (χ4n) is 9.54. The summed E-state index contributed by atoms with van der Waals surface area (Å²) in [5, 5.41) is 0. The molecular formula is C73H126O6. The van der Waals surface area contributed by atoms with Gasteiger partial charge in [0.15, 0.2) is 6.10 Å². The molecule has 0 N–H and O–H groups in total. The van der Waals surface area contributed by atoms with Crippen molar-refractivity contribution in [3.8, 4) is 0 Å². The Bertz CT molecular complexity index is 1540. The first-order chi connectivity index (χ1) is 39.0. The largest absolute Gasteiger partial charge is 0.462 e. The molecule has 0 amide bonds. The molecule has 1 unspecified atom stereocenters. The zero-order valence-corrected chi connectivity index (χ0v) is 52.1. The maximum atomic E-state index is 12.8. The van der Waals surface area contributed by atoms with E-state index in [-0.39, 0.29) is 31.1 Å². The number of unbranched alkanes of at least 4 members (excludes halogenated alkanes) is 34. The van der Waals surface area contributed by atoms with Crippen molar-refractivity contribution in [2.75, 3.05) is 13.2 Å². The molecule has 0 fully saturated rings. The smallest absolute Gasteiger partial charge is 0.306 e. The van der Waals surface area contributed by atoms with Gasteiger partial charge in [0.2, 0.25) is 0 Å². The molecule has 6 heteroatoms. The zero-order chi connectivity index (χ0) is 57.1. The van der Waals surface area contributed by atoms with Gasteiger partial charge in [0.25, 0.3) is 0 Å². The van der Waals surface area contributed by atoms with Gasteiger partial charge in [0.05, 0.1) is 0 Å². The summed E-state index contributed by atoms with van der Waals surface area (Å²) in [5.41, 5.74) is 0. The summed E-state index contributed by atoms with van der Waals surface area (Å²) in [6.45, 7) is 6.47. The Kier molecular flexibility index (Phi) is 63.7. The Balaban J connectivity index is 4.03. The molecule has 0 saturated carbocycles. The van der Waals surface area contributed by atoms with Gasteiger partial charge < -0.3 is 14.2 Å². The molecule has 0 saturated heterocycles. The van der Waals surface area contributed by atoms with E-state index in [9.17, 15) is 14.4 Å². The van der Waals surface area contributed by atoms with Crippen LogP contribution in [0.5, 0.6) is 0 Å². The van der Waals surface area contributed by atoms with Crippen LogP contribution in [0.25, 0.3) is 0 Å². The van der Waals surface area contributed by atoms with Gasteiger partial charge in [-0.3, -0.25) is 14.4 Å². The molecule has 6 nitrogen and oxygen atoms in total. The van der Waals surface area contributed by atoms with E-state index in [2.05, 4.69) is 118 Å². The monoisotopic (exact) mass is 1100 g/mol. The number of carbonyl (C=O) groups is 3. The molecule has 0 aliphatic carbocycles. The minimum Gasteiger partial charge on any atom is -0.462 e.